The normalized spacial score (nSPS) is 12.0. The van der Waals surface area contributed by atoms with Gasteiger partial charge in [0.1, 0.15) is 5.82 Å². The molecule has 0 saturated heterocycles. The van der Waals surface area contributed by atoms with Crippen molar-refractivity contribution < 1.29 is 27.5 Å². The highest BCUT2D eigenvalue weighted by Crippen LogP contribution is 2.26. The molecule has 0 unspecified atom stereocenters. The van der Waals surface area contributed by atoms with E-state index in [-0.39, 0.29) is 24.1 Å². The van der Waals surface area contributed by atoms with E-state index in [1.165, 1.54) is 6.07 Å². The predicted octanol–water partition coefficient (Wildman–Crippen LogP) is 2.20. The van der Waals surface area contributed by atoms with Gasteiger partial charge in [0.2, 0.25) is 5.91 Å². The number of halogens is 1. The van der Waals surface area contributed by atoms with Gasteiger partial charge in [-0.05, 0) is 29.2 Å². The van der Waals surface area contributed by atoms with Crippen LogP contribution >= 0.6 is 0 Å². The lowest BCUT2D eigenvalue weighted by Crippen LogP contribution is -2.25. The van der Waals surface area contributed by atoms with Gasteiger partial charge in [0, 0.05) is 18.4 Å². The topological polar surface area (TPSA) is 101 Å². The van der Waals surface area contributed by atoms with Crippen molar-refractivity contribution in [3.8, 4) is 0 Å². The van der Waals surface area contributed by atoms with Gasteiger partial charge < -0.3 is 10.4 Å². The Labute approximate surface area is 134 Å². The summed E-state index contributed by atoms with van der Waals surface area (Å²) in [5.41, 5.74) is -0.405. The van der Waals surface area contributed by atoms with Gasteiger partial charge in [0.25, 0.3) is 0 Å². The maximum absolute atomic E-state index is 13.3. The number of aliphatic carboxylic acids is 1. The molecule has 0 saturated carbocycles. The summed E-state index contributed by atoms with van der Waals surface area (Å²) in [6.07, 6.45) is 0.772. The fourth-order valence-electron chi connectivity index (χ4n) is 2.19. The Balaban J connectivity index is 2.92. The minimum atomic E-state index is -3.40. The molecule has 0 aliphatic rings. The third-order valence-corrected chi connectivity index (χ3v) is 3.86. The summed E-state index contributed by atoms with van der Waals surface area (Å²) < 4.78 is 36.1. The van der Waals surface area contributed by atoms with Crippen LogP contribution in [0.5, 0.6) is 0 Å². The van der Waals surface area contributed by atoms with Crippen molar-refractivity contribution in [2.75, 3.05) is 11.6 Å². The lowest BCUT2D eigenvalue weighted by molar-refractivity contribution is -0.139. The number of nitrogens with one attached hydrogen (secondary N) is 1. The Morgan fingerprint density at radius 1 is 1.26 bits per heavy atom. The second-order valence-electron chi connectivity index (χ2n) is 6.33. The van der Waals surface area contributed by atoms with Crippen molar-refractivity contribution in [3.63, 3.8) is 0 Å². The fraction of sp³-hybridized carbons (Fsp3) is 0.467. The molecule has 1 amide bonds. The van der Waals surface area contributed by atoms with Gasteiger partial charge in [-0.2, -0.15) is 0 Å². The number of amides is 1. The van der Waals surface area contributed by atoms with E-state index in [2.05, 4.69) is 5.32 Å². The zero-order valence-corrected chi connectivity index (χ0v) is 14.0. The summed E-state index contributed by atoms with van der Waals surface area (Å²) >= 11 is 0. The van der Waals surface area contributed by atoms with Crippen LogP contribution in [0.3, 0.4) is 0 Å². The first-order valence-electron chi connectivity index (χ1n) is 6.86. The molecule has 128 valence electrons. The van der Waals surface area contributed by atoms with Crippen molar-refractivity contribution in [1.29, 1.82) is 0 Å². The SMILES string of the molecule is CC(C)(CC(=O)O)CC(=O)Nc1ccc(F)cc1CS(C)(=O)=O. The second kappa shape index (κ2) is 7.08. The van der Waals surface area contributed by atoms with Crippen LogP contribution in [0.2, 0.25) is 0 Å². The fourth-order valence-corrected chi connectivity index (χ4v) is 2.99. The number of rotatable bonds is 7. The van der Waals surface area contributed by atoms with Crippen molar-refractivity contribution >= 4 is 27.4 Å². The summed E-state index contributed by atoms with van der Waals surface area (Å²) in [5, 5.41) is 11.3. The molecule has 1 aromatic rings. The van der Waals surface area contributed by atoms with Gasteiger partial charge in [-0.25, -0.2) is 12.8 Å². The zero-order valence-electron chi connectivity index (χ0n) is 13.2. The van der Waals surface area contributed by atoms with Crippen LogP contribution in [0.25, 0.3) is 0 Å². The first-order valence-corrected chi connectivity index (χ1v) is 8.92. The van der Waals surface area contributed by atoms with Crippen LogP contribution in [0, 0.1) is 11.2 Å². The highest BCUT2D eigenvalue weighted by atomic mass is 32.2. The van der Waals surface area contributed by atoms with Crippen LogP contribution in [0.1, 0.15) is 32.3 Å². The van der Waals surface area contributed by atoms with E-state index in [1.54, 1.807) is 13.8 Å². The number of hydrogen-bond donors (Lipinski definition) is 2. The lowest BCUT2D eigenvalue weighted by Gasteiger charge is -2.22. The van der Waals surface area contributed by atoms with Crippen LogP contribution in [0.4, 0.5) is 10.1 Å². The van der Waals surface area contributed by atoms with Crippen LogP contribution in [-0.4, -0.2) is 31.7 Å². The molecule has 1 rings (SSSR count). The molecule has 0 atom stereocenters. The average molecular weight is 345 g/mol. The minimum Gasteiger partial charge on any atom is -0.481 e. The number of carboxylic acids is 1. The second-order valence-corrected chi connectivity index (χ2v) is 8.47. The molecule has 0 aliphatic carbocycles. The summed E-state index contributed by atoms with van der Waals surface area (Å²) in [6, 6.07) is 3.46. The summed E-state index contributed by atoms with van der Waals surface area (Å²) in [6.45, 7) is 3.28. The highest BCUT2D eigenvalue weighted by molar-refractivity contribution is 7.89. The number of carbonyl (C=O) groups excluding carboxylic acids is 1. The summed E-state index contributed by atoms with van der Waals surface area (Å²) in [5.74, 6) is -2.48. The highest BCUT2D eigenvalue weighted by Gasteiger charge is 2.25. The zero-order chi connectivity index (χ0) is 17.8. The predicted molar refractivity (Wildman–Crippen MR) is 84.2 cm³/mol. The lowest BCUT2D eigenvalue weighted by atomic mass is 9.85. The Morgan fingerprint density at radius 2 is 1.87 bits per heavy atom. The quantitative estimate of drug-likeness (QED) is 0.789. The largest absolute Gasteiger partial charge is 0.481 e. The maximum atomic E-state index is 13.3. The van der Waals surface area contributed by atoms with Crippen LogP contribution in [-0.2, 0) is 25.2 Å². The van der Waals surface area contributed by atoms with Gasteiger partial charge in [0.05, 0.1) is 12.2 Å². The molecule has 0 spiro atoms. The van der Waals surface area contributed by atoms with E-state index in [0.717, 1.165) is 18.4 Å². The molecular formula is C15H20FNO5S. The van der Waals surface area contributed by atoms with Crippen molar-refractivity contribution in [2.24, 2.45) is 5.41 Å². The van der Waals surface area contributed by atoms with E-state index >= 15 is 0 Å². The van der Waals surface area contributed by atoms with E-state index in [9.17, 15) is 22.4 Å². The number of anilines is 1. The van der Waals surface area contributed by atoms with Gasteiger partial charge >= 0.3 is 5.97 Å². The van der Waals surface area contributed by atoms with Crippen LogP contribution in [0.15, 0.2) is 18.2 Å². The molecule has 23 heavy (non-hydrogen) atoms. The third kappa shape index (κ3) is 7.23. The average Bonchev–Trinajstić information content (AvgIpc) is 2.27. The maximum Gasteiger partial charge on any atom is 0.303 e. The van der Waals surface area contributed by atoms with Gasteiger partial charge in [-0.3, -0.25) is 9.59 Å². The van der Waals surface area contributed by atoms with Crippen molar-refractivity contribution in [1.82, 2.24) is 0 Å². The first-order chi connectivity index (χ1) is 10.4. The number of sulfone groups is 1. The summed E-state index contributed by atoms with van der Waals surface area (Å²) in [4.78, 5) is 22.8. The molecule has 0 aromatic heterocycles. The molecule has 0 aliphatic heterocycles. The number of carboxylic acid groups (broad SMARTS) is 1. The van der Waals surface area contributed by atoms with E-state index in [4.69, 9.17) is 5.11 Å². The summed E-state index contributed by atoms with van der Waals surface area (Å²) in [7, 11) is -3.40. The van der Waals surface area contributed by atoms with Gasteiger partial charge in [0.15, 0.2) is 9.84 Å². The molecule has 0 fully saturated rings. The van der Waals surface area contributed by atoms with Gasteiger partial charge in [-0.15, -0.1) is 0 Å². The molecule has 0 radical (unpaired) electrons. The minimum absolute atomic E-state index is 0.0605. The Bertz CT molecular complexity index is 713. The molecule has 8 heteroatoms. The molecule has 0 heterocycles. The number of hydrogen-bond acceptors (Lipinski definition) is 4. The van der Waals surface area contributed by atoms with E-state index < -0.39 is 38.7 Å². The van der Waals surface area contributed by atoms with E-state index in [1.807, 2.05) is 0 Å². The van der Waals surface area contributed by atoms with Crippen molar-refractivity contribution in [2.45, 2.75) is 32.4 Å². The monoisotopic (exact) mass is 345 g/mol. The molecular weight excluding hydrogens is 325 g/mol. The van der Waals surface area contributed by atoms with Crippen LogP contribution < -0.4 is 5.32 Å². The number of benzene rings is 1. The van der Waals surface area contributed by atoms with Gasteiger partial charge in [-0.1, -0.05) is 13.8 Å². The van der Waals surface area contributed by atoms with Crippen molar-refractivity contribution in [3.05, 3.63) is 29.6 Å². The smallest absolute Gasteiger partial charge is 0.303 e. The molecule has 6 nitrogen and oxygen atoms in total. The Hall–Kier alpha value is -1.96. The number of carbonyl (C=O) groups is 2. The first kappa shape index (κ1) is 19.1. The standard InChI is InChI=1S/C15H20FNO5S/c1-15(2,8-14(19)20)7-13(18)17-12-5-4-11(16)6-10(12)9-23(3,21)22/h4-6H,7-9H2,1-3H3,(H,17,18)(H,19,20). The Kier molecular flexibility index (Phi) is 5.87. The molecule has 0 bridgehead atoms. The Morgan fingerprint density at radius 3 is 2.39 bits per heavy atom. The van der Waals surface area contributed by atoms with E-state index in [0.29, 0.717) is 0 Å². The third-order valence-electron chi connectivity index (χ3n) is 3.03. The molecule has 2 N–H and O–H groups in total. The molecule has 1 aromatic carbocycles.